The summed E-state index contributed by atoms with van der Waals surface area (Å²) >= 11 is 0. The van der Waals surface area contributed by atoms with Crippen LogP contribution in [0.4, 0.5) is 0 Å². The largest absolute Gasteiger partial charge is 0.358 e. The minimum Gasteiger partial charge on any atom is -0.358 e. The van der Waals surface area contributed by atoms with Crippen LogP contribution in [0.15, 0.2) is 0 Å². The first-order chi connectivity index (χ1) is 3.41. The number of rotatable bonds is 4. The zero-order chi connectivity index (χ0) is 5.54. The quantitative estimate of drug-likeness (QED) is 0.509. The van der Waals surface area contributed by atoms with Crippen LogP contribution in [0.2, 0.25) is 0 Å². The van der Waals surface area contributed by atoms with Gasteiger partial charge in [-0.05, 0) is 12.8 Å². The van der Waals surface area contributed by atoms with Gasteiger partial charge in [0.05, 0.1) is 6.54 Å². The van der Waals surface area contributed by atoms with Crippen molar-refractivity contribution < 1.29 is 5.73 Å². The molecule has 0 aliphatic carbocycles. The van der Waals surface area contributed by atoms with Crippen LogP contribution in [0.5, 0.6) is 0 Å². The van der Waals surface area contributed by atoms with E-state index in [2.05, 4.69) is 12.7 Å². The van der Waals surface area contributed by atoms with Crippen molar-refractivity contribution in [3.8, 4) is 0 Å². The Balaban J connectivity index is 2.45. The van der Waals surface area contributed by atoms with Crippen LogP contribution in [0.1, 0.15) is 32.6 Å². The Kier molecular flexibility index (Phi) is 5.93. The molecule has 0 aromatic carbocycles. The van der Waals surface area contributed by atoms with Gasteiger partial charge in [0.25, 0.3) is 0 Å². The number of quaternary nitrogens is 1. The van der Waals surface area contributed by atoms with Crippen LogP contribution in [0, 0.1) is 0 Å². The lowest BCUT2D eigenvalue weighted by Crippen LogP contribution is -2.50. The van der Waals surface area contributed by atoms with Crippen LogP contribution in [-0.2, 0) is 0 Å². The fourth-order valence-electron chi connectivity index (χ4n) is 0.604. The van der Waals surface area contributed by atoms with Crippen LogP contribution < -0.4 is 5.73 Å². The topological polar surface area (TPSA) is 27.6 Å². The third-order valence-corrected chi connectivity index (χ3v) is 1.10. The first-order valence-electron chi connectivity index (χ1n) is 3.21. The van der Waals surface area contributed by atoms with Gasteiger partial charge >= 0.3 is 0 Å². The third-order valence-electron chi connectivity index (χ3n) is 1.10. The monoisotopic (exact) mass is 102 g/mol. The summed E-state index contributed by atoms with van der Waals surface area (Å²) in [6.07, 6.45) is 5.41. The van der Waals surface area contributed by atoms with Crippen LogP contribution in [0.3, 0.4) is 0 Å². The van der Waals surface area contributed by atoms with E-state index in [4.69, 9.17) is 0 Å². The highest BCUT2D eigenvalue weighted by Crippen LogP contribution is 1.94. The average molecular weight is 102 g/mol. The van der Waals surface area contributed by atoms with E-state index in [9.17, 15) is 0 Å². The SMILES string of the molecule is CCCCCC[NH3+]. The summed E-state index contributed by atoms with van der Waals surface area (Å²) in [5, 5.41) is 0. The van der Waals surface area contributed by atoms with E-state index in [1.165, 1.54) is 25.7 Å². The molecule has 0 unspecified atom stereocenters. The second-order valence-corrected chi connectivity index (χ2v) is 1.91. The molecule has 0 spiro atoms. The summed E-state index contributed by atoms with van der Waals surface area (Å²) in [5.74, 6) is 0. The fraction of sp³-hybridized carbons (Fsp3) is 1.00. The lowest BCUT2D eigenvalue weighted by molar-refractivity contribution is -0.368. The van der Waals surface area contributed by atoms with Gasteiger partial charge in [0, 0.05) is 0 Å². The van der Waals surface area contributed by atoms with Gasteiger partial charge in [-0.1, -0.05) is 19.8 Å². The van der Waals surface area contributed by atoms with Gasteiger partial charge < -0.3 is 5.73 Å². The molecule has 1 heteroatoms. The Morgan fingerprint density at radius 1 is 1.14 bits per heavy atom. The normalized spacial score (nSPS) is 9.43. The highest BCUT2D eigenvalue weighted by atomic mass is 14.5. The van der Waals surface area contributed by atoms with Crippen LogP contribution >= 0.6 is 0 Å². The van der Waals surface area contributed by atoms with Crippen molar-refractivity contribution in [1.82, 2.24) is 0 Å². The smallest absolute Gasteiger partial charge is 0.0739 e. The van der Waals surface area contributed by atoms with E-state index in [1.807, 2.05) is 0 Å². The lowest BCUT2D eigenvalue weighted by Gasteiger charge is -1.89. The zero-order valence-corrected chi connectivity index (χ0v) is 5.24. The second kappa shape index (κ2) is 5.96. The molecule has 7 heavy (non-hydrogen) atoms. The molecule has 0 saturated heterocycles. The van der Waals surface area contributed by atoms with E-state index in [1.54, 1.807) is 0 Å². The summed E-state index contributed by atoms with van der Waals surface area (Å²) in [7, 11) is 0. The maximum Gasteiger partial charge on any atom is 0.0739 e. The fourth-order valence-corrected chi connectivity index (χ4v) is 0.604. The molecule has 44 valence electrons. The van der Waals surface area contributed by atoms with E-state index in [-0.39, 0.29) is 0 Å². The molecule has 0 heterocycles. The molecule has 0 aliphatic rings. The molecule has 0 aromatic heterocycles. The molecule has 1 nitrogen and oxygen atoms in total. The van der Waals surface area contributed by atoms with Gasteiger partial charge in [0.15, 0.2) is 0 Å². The maximum atomic E-state index is 3.76. The Morgan fingerprint density at radius 2 is 1.86 bits per heavy atom. The Labute approximate surface area is 45.9 Å². The molecule has 0 radical (unpaired) electrons. The van der Waals surface area contributed by atoms with E-state index in [0.717, 1.165) is 6.54 Å². The zero-order valence-electron chi connectivity index (χ0n) is 5.24. The first-order valence-corrected chi connectivity index (χ1v) is 3.21. The highest BCUT2D eigenvalue weighted by Gasteiger charge is 1.82. The van der Waals surface area contributed by atoms with Crippen molar-refractivity contribution in [2.75, 3.05) is 6.54 Å². The van der Waals surface area contributed by atoms with Crippen molar-refractivity contribution >= 4 is 0 Å². The summed E-state index contributed by atoms with van der Waals surface area (Å²) in [6, 6.07) is 0. The van der Waals surface area contributed by atoms with Crippen molar-refractivity contribution in [1.29, 1.82) is 0 Å². The lowest BCUT2D eigenvalue weighted by atomic mass is 10.2. The minimum atomic E-state index is 1.11. The van der Waals surface area contributed by atoms with Crippen molar-refractivity contribution in [2.24, 2.45) is 0 Å². The van der Waals surface area contributed by atoms with Crippen LogP contribution in [-0.4, -0.2) is 6.54 Å². The van der Waals surface area contributed by atoms with Crippen molar-refractivity contribution in [3.63, 3.8) is 0 Å². The van der Waals surface area contributed by atoms with Gasteiger partial charge in [-0.15, -0.1) is 0 Å². The van der Waals surface area contributed by atoms with Gasteiger partial charge in [-0.25, -0.2) is 0 Å². The Bertz CT molecular complexity index is 23.4. The molecule has 0 fully saturated rings. The summed E-state index contributed by atoms with van der Waals surface area (Å²) in [6.45, 7) is 3.34. The molecule has 3 N–H and O–H groups in total. The summed E-state index contributed by atoms with van der Waals surface area (Å²) in [4.78, 5) is 0. The molecule has 0 aromatic rings. The van der Waals surface area contributed by atoms with Gasteiger partial charge in [0.1, 0.15) is 0 Å². The van der Waals surface area contributed by atoms with Gasteiger partial charge in [-0.3, -0.25) is 0 Å². The van der Waals surface area contributed by atoms with Crippen molar-refractivity contribution in [3.05, 3.63) is 0 Å². The average Bonchev–Trinajstić information content (AvgIpc) is 1.69. The number of unbranched alkanes of at least 4 members (excludes halogenated alkanes) is 3. The molecule has 0 amide bonds. The molecule has 0 bridgehead atoms. The molecule has 0 aliphatic heterocycles. The standard InChI is InChI=1S/C6H15N/c1-2-3-4-5-6-7/h2-7H2,1H3/p+1. The highest BCUT2D eigenvalue weighted by molar-refractivity contribution is 4.35. The molecule has 0 saturated carbocycles. The molecule has 0 rings (SSSR count). The number of hydrogen-bond acceptors (Lipinski definition) is 0. The summed E-state index contributed by atoms with van der Waals surface area (Å²) in [5.41, 5.74) is 3.76. The second-order valence-electron chi connectivity index (χ2n) is 1.91. The van der Waals surface area contributed by atoms with Crippen molar-refractivity contribution in [2.45, 2.75) is 32.6 Å². The van der Waals surface area contributed by atoms with Gasteiger partial charge in [-0.2, -0.15) is 0 Å². The predicted molar refractivity (Wildman–Crippen MR) is 31.9 cm³/mol. The molecule has 0 atom stereocenters. The third kappa shape index (κ3) is 5.96. The van der Waals surface area contributed by atoms with Crippen LogP contribution in [0.25, 0.3) is 0 Å². The maximum absolute atomic E-state index is 3.76. The number of hydrogen-bond donors (Lipinski definition) is 1. The summed E-state index contributed by atoms with van der Waals surface area (Å²) < 4.78 is 0. The first kappa shape index (κ1) is 6.96. The Morgan fingerprint density at radius 3 is 2.29 bits per heavy atom. The molecular weight excluding hydrogens is 86.1 g/mol. The van der Waals surface area contributed by atoms with E-state index >= 15 is 0 Å². The van der Waals surface area contributed by atoms with E-state index in [0.29, 0.717) is 0 Å². The Hall–Kier alpha value is -0.0400. The predicted octanol–water partition coefficient (Wildman–Crippen LogP) is 0.809. The van der Waals surface area contributed by atoms with Gasteiger partial charge in [0.2, 0.25) is 0 Å². The van der Waals surface area contributed by atoms with E-state index < -0.39 is 0 Å². The molecular formula is C6H16N+. The minimum absolute atomic E-state index is 1.11.